The summed E-state index contributed by atoms with van der Waals surface area (Å²) in [5.41, 5.74) is 0.316. The Bertz CT molecular complexity index is 693. The molecule has 0 aliphatic carbocycles. The summed E-state index contributed by atoms with van der Waals surface area (Å²) in [5, 5.41) is 13.5. The fourth-order valence-corrected chi connectivity index (χ4v) is 2.02. The molecule has 120 valence electrons. The van der Waals surface area contributed by atoms with Gasteiger partial charge in [0.25, 0.3) is 5.69 Å². The number of rotatable bonds is 7. The molecule has 23 heavy (non-hydrogen) atoms. The van der Waals surface area contributed by atoms with E-state index in [4.69, 9.17) is 4.74 Å². The molecule has 0 radical (unpaired) electrons. The summed E-state index contributed by atoms with van der Waals surface area (Å²) < 4.78 is 5.83. The van der Waals surface area contributed by atoms with Crippen molar-refractivity contribution in [1.82, 2.24) is 9.97 Å². The number of nitro groups is 1. The maximum absolute atomic E-state index is 11.8. The van der Waals surface area contributed by atoms with Crippen molar-refractivity contribution >= 4 is 33.4 Å². The lowest BCUT2D eigenvalue weighted by atomic mass is 10.3. The van der Waals surface area contributed by atoms with Crippen LogP contribution in [0.1, 0.15) is 16.8 Å². The van der Waals surface area contributed by atoms with Crippen molar-refractivity contribution < 1.29 is 14.5 Å². The Hall–Kier alpha value is -2.55. The first-order chi connectivity index (χ1) is 11.1. The van der Waals surface area contributed by atoms with E-state index >= 15 is 0 Å². The van der Waals surface area contributed by atoms with E-state index in [1.165, 1.54) is 24.5 Å². The van der Waals surface area contributed by atoms with Crippen LogP contribution in [0.15, 0.2) is 41.3 Å². The molecule has 0 unspecified atom stereocenters. The lowest BCUT2D eigenvalue weighted by Gasteiger charge is -2.06. The van der Waals surface area contributed by atoms with Crippen molar-refractivity contribution in [3.8, 4) is 0 Å². The molecular formula is C14H13BrN4O4. The first kappa shape index (κ1) is 16.8. The zero-order valence-corrected chi connectivity index (χ0v) is 13.5. The van der Waals surface area contributed by atoms with Gasteiger partial charge >= 0.3 is 5.97 Å². The molecule has 0 aliphatic heterocycles. The van der Waals surface area contributed by atoms with Crippen LogP contribution in [0.3, 0.4) is 0 Å². The SMILES string of the molecule is O=C(OCCCNc1ccc([N+](=O)[O-])cn1)c1cncc(Br)c1. The fraction of sp³-hybridized carbons (Fsp3) is 0.214. The van der Waals surface area contributed by atoms with Gasteiger partial charge in [-0.05, 0) is 34.5 Å². The third-order valence-corrected chi connectivity index (χ3v) is 3.19. The Balaban J connectivity index is 1.69. The smallest absolute Gasteiger partial charge is 0.339 e. The molecule has 9 heteroatoms. The third kappa shape index (κ3) is 5.29. The molecule has 0 spiro atoms. The number of pyridine rings is 2. The Kier molecular flexibility index (Phi) is 5.98. The van der Waals surface area contributed by atoms with Crippen molar-refractivity contribution in [2.24, 2.45) is 0 Å². The van der Waals surface area contributed by atoms with Crippen molar-refractivity contribution in [2.75, 3.05) is 18.5 Å². The monoisotopic (exact) mass is 380 g/mol. The predicted octanol–water partition coefficient (Wildman–Crippen LogP) is 2.81. The summed E-state index contributed by atoms with van der Waals surface area (Å²) in [6.07, 6.45) is 4.78. The number of esters is 1. The summed E-state index contributed by atoms with van der Waals surface area (Å²) in [4.78, 5) is 29.6. The highest BCUT2D eigenvalue weighted by molar-refractivity contribution is 9.10. The Morgan fingerprint density at radius 3 is 2.83 bits per heavy atom. The molecule has 8 nitrogen and oxygen atoms in total. The van der Waals surface area contributed by atoms with E-state index in [0.29, 0.717) is 28.8 Å². The lowest BCUT2D eigenvalue weighted by molar-refractivity contribution is -0.385. The predicted molar refractivity (Wildman–Crippen MR) is 86.2 cm³/mol. The van der Waals surface area contributed by atoms with E-state index in [-0.39, 0.29) is 12.3 Å². The maximum Gasteiger partial charge on any atom is 0.339 e. The average Bonchev–Trinajstić information content (AvgIpc) is 2.54. The summed E-state index contributed by atoms with van der Waals surface area (Å²) in [6.45, 7) is 0.764. The number of aromatic nitrogens is 2. The van der Waals surface area contributed by atoms with Gasteiger partial charge in [0.2, 0.25) is 0 Å². The number of halogens is 1. The minimum atomic E-state index is -0.507. The molecule has 0 saturated carbocycles. The first-order valence-corrected chi connectivity index (χ1v) is 7.47. The molecule has 0 saturated heterocycles. The van der Waals surface area contributed by atoms with Crippen LogP contribution in [0.5, 0.6) is 0 Å². The van der Waals surface area contributed by atoms with Gasteiger partial charge < -0.3 is 10.1 Å². The number of ether oxygens (including phenoxy) is 1. The highest BCUT2D eigenvalue weighted by atomic mass is 79.9. The number of nitrogens with zero attached hydrogens (tertiary/aromatic N) is 3. The second-order valence-corrected chi connectivity index (χ2v) is 5.38. The zero-order valence-electron chi connectivity index (χ0n) is 11.9. The number of carbonyl (C=O) groups excluding carboxylic acids is 1. The van der Waals surface area contributed by atoms with Gasteiger partial charge in [-0.25, -0.2) is 9.78 Å². The van der Waals surface area contributed by atoms with Crippen LogP contribution in [0.2, 0.25) is 0 Å². The third-order valence-electron chi connectivity index (χ3n) is 2.76. The van der Waals surface area contributed by atoms with Gasteiger partial charge in [0.1, 0.15) is 12.0 Å². The number of carbonyl (C=O) groups is 1. The largest absolute Gasteiger partial charge is 0.462 e. The molecule has 1 N–H and O–H groups in total. The molecule has 0 atom stereocenters. The van der Waals surface area contributed by atoms with Gasteiger partial charge in [-0.15, -0.1) is 0 Å². The fourth-order valence-electron chi connectivity index (χ4n) is 1.66. The van der Waals surface area contributed by atoms with Gasteiger partial charge in [0.05, 0.1) is 17.1 Å². The van der Waals surface area contributed by atoms with Crippen LogP contribution in [0.4, 0.5) is 11.5 Å². The van der Waals surface area contributed by atoms with E-state index in [1.807, 2.05) is 0 Å². The van der Waals surface area contributed by atoms with E-state index < -0.39 is 10.9 Å². The summed E-state index contributed by atoms with van der Waals surface area (Å²) in [6, 6.07) is 4.53. The van der Waals surface area contributed by atoms with Gasteiger partial charge in [0, 0.05) is 29.5 Å². The van der Waals surface area contributed by atoms with Crippen molar-refractivity contribution in [3.05, 3.63) is 56.9 Å². The minimum absolute atomic E-state index is 0.0629. The molecule has 0 amide bonds. The second-order valence-electron chi connectivity index (χ2n) is 4.47. The van der Waals surface area contributed by atoms with Gasteiger partial charge in [-0.2, -0.15) is 0 Å². The van der Waals surface area contributed by atoms with Crippen LogP contribution < -0.4 is 5.32 Å². The number of hydrogen-bond donors (Lipinski definition) is 1. The van der Waals surface area contributed by atoms with E-state index in [0.717, 1.165) is 0 Å². The summed E-state index contributed by atoms with van der Waals surface area (Å²) in [7, 11) is 0. The maximum atomic E-state index is 11.8. The van der Waals surface area contributed by atoms with Crippen LogP contribution in [-0.4, -0.2) is 34.0 Å². The quantitative estimate of drug-likeness (QED) is 0.340. The first-order valence-electron chi connectivity index (χ1n) is 6.68. The van der Waals surface area contributed by atoms with Crippen LogP contribution >= 0.6 is 15.9 Å². The Morgan fingerprint density at radius 1 is 1.35 bits per heavy atom. The van der Waals surface area contributed by atoms with E-state index in [9.17, 15) is 14.9 Å². The highest BCUT2D eigenvalue weighted by Gasteiger charge is 2.08. The molecule has 0 bridgehead atoms. The lowest BCUT2D eigenvalue weighted by Crippen LogP contribution is -2.11. The molecule has 2 aromatic heterocycles. The van der Waals surface area contributed by atoms with Crippen LogP contribution in [0, 0.1) is 10.1 Å². The Morgan fingerprint density at radius 2 is 2.17 bits per heavy atom. The molecule has 2 rings (SSSR count). The van der Waals surface area contributed by atoms with Crippen LogP contribution in [0.25, 0.3) is 0 Å². The molecule has 2 aromatic rings. The van der Waals surface area contributed by atoms with Gasteiger partial charge in [0.15, 0.2) is 0 Å². The second kappa shape index (κ2) is 8.18. The Labute approximate surface area is 140 Å². The van der Waals surface area contributed by atoms with Crippen LogP contribution in [-0.2, 0) is 4.74 Å². The van der Waals surface area contributed by atoms with Gasteiger partial charge in [-0.1, -0.05) is 0 Å². The highest BCUT2D eigenvalue weighted by Crippen LogP contribution is 2.12. The topological polar surface area (TPSA) is 107 Å². The zero-order chi connectivity index (χ0) is 16.7. The molecular weight excluding hydrogens is 368 g/mol. The number of nitrogens with one attached hydrogen (secondary N) is 1. The summed E-state index contributed by atoms with van der Waals surface area (Å²) >= 11 is 3.23. The van der Waals surface area contributed by atoms with Crippen molar-refractivity contribution in [3.63, 3.8) is 0 Å². The molecule has 2 heterocycles. The van der Waals surface area contributed by atoms with Crippen molar-refractivity contribution in [2.45, 2.75) is 6.42 Å². The van der Waals surface area contributed by atoms with Gasteiger partial charge in [-0.3, -0.25) is 15.1 Å². The molecule has 0 fully saturated rings. The number of anilines is 1. The number of hydrogen-bond acceptors (Lipinski definition) is 7. The van der Waals surface area contributed by atoms with Crippen molar-refractivity contribution in [1.29, 1.82) is 0 Å². The molecule has 0 aliphatic rings. The normalized spacial score (nSPS) is 10.1. The molecule has 0 aromatic carbocycles. The average molecular weight is 381 g/mol. The van der Waals surface area contributed by atoms with E-state index in [2.05, 4.69) is 31.2 Å². The summed E-state index contributed by atoms with van der Waals surface area (Å²) in [5.74, 6) is 0.0883. The van der Waals surface area contributed by atoms with E-state index in [1.54, 1.807) is 12.3 Å². The standard InChI is InChI=1S/C14H13BrN4O4/c15-11-6-10(7-16-8-11)14(20)23-5-1-4-17-13-3-2-12(9-18-13)19(21)22/h2-3,6-9H,1,4-5H2,(H,17,18). The minimum Gasteiger partial charge on any atom is -0.462 e.